The molecule has 27 heavy (non-hydrogen) atoms. The summed E-state index contributed by atoms with van der Waals surface area (Å²) in [6.45, 7) is 12.1. The Morgan fingerprint density at radius 3 is 2.33 bits per heavy atom. The molecule has 0 N–H and O–H groups in total. The minimum Gasteiger partial charge on any atom is -0.249 e. The number of aryl methyl sites for hydroxylation is 1. The number of nitrogens with zero attached hydrogens (tertiary/aromatic N) is 2. The molecule has 0 unspecified atom stereocenters. The third-order valence-electron chi connectivity index (χ3n) is 4.61. The highest BCUT2D eigenvalue weighted by Gasteiger charge is 2.12. The SMILES string of the molecule is C=C(C)CCCCc1nc2cc(C(=C)C)ccc2nc1-c1ccc(Cl)cc1. The number of hydrogen-bond acceptors (Lipinski definition) is 2. The van der Waals surface area contributed by atoms with Crippen molar-refractivity contribution < 1.29 is 0 Å². The molecule has 138 valence electrons. The van der Waals surface area contributed by atoms with Crippen LogP contribution < -0.4 is 0 Å². The smallest absolute Gasteiger partial charge is 0.0925 e. The van der Waals surface area contributed by atoms with Gasteiger partial charge in [-0.05, 0) is 69.4 Å². The third kappa shape index (κ3) is 4.84. The second-order valence-electron chi connectivity index (χ2n) is 7.17. The first-order valence-electron chi connectivity index (χ1n) is 9.31. The summed E-state index contributed by atoms with van der Waals surface area (Å²) in [5.41, 5.74) is 8.20. The van der Waals surface area contributed by atoms with E-state index in [0.717, 1.165) is 69.8 Å². The number of aromatic nitrogens is 2. The molecule has 1 heterocycles. The second kappa shape index (κ2) is 8.49. The van der Waals surface area contributed by atoms with Crippen LogP contribution >= 0.6 is 11.6 Å². The van der Waals surface area contributed by atoms with E-state index in [4.69, 9.17) is 21.6 Å². The van der Waals surface area contributed by atoms with E-state index in [1.807, 2.05) is 37.3 Å². The van der Waals surface area contributed by atoms with Crippen LogP contribution in [0.15, 0.2) is 61.2 Å². The van der Waals surface area contributed by atoms with Gasteiger partial charge in [0.25, 0.3) is 0 Å². The summed E-state index contributed by atoms with van der Waals surface area (Å²) in [5, 5.41) is 0.724. The van der Waals surface area contributed by atoms with Crippen LogP contribution in [0.2, 0.25) is 5.02 Å². The normalized spacial score (nSPS) is 10.9. The lowest BCUT2D eigenvalue weighted by Gasteiger charge is -2.11. The van der Waals surface area contributed by atoms with Crippen LogP contribution in [0.25, 0.3) is 27.9 Å². The van der Waals surface area contributed by atoms with Crippen molar-refractivity contribution in [3.63, 3.8) is 0 Å². The van der Waals surface area contributed by atoms with Crippen molar-refractivity contribution in [2.75, 3.05) is 0 Å². The number of rotatable bonds is 7. The molecule has 0 radical (unpaired) electrons. The fourth-order valence-corrected chi connectivity index (χ4v) is 3.21. The van der Waals surface area contributed by atoms with Gasteiger partial charge in [0.2, 0.25) is 0 Å². The van der Waals surface area contributed by atoms with Gasteiger partial charge in [-0.2, -0.15) is 0 Å². The fraction of sp³-hybridized carbons (Fsp3) is 0.250. The second-order valence-corrected chi connectivity index (χ2v) is 7.61. The topological polar surface area (TPSA) is 25.8 Å². The van der Waals surface area contributed by atoms with Gasteiger partial charge in [-0.3, -0.25) is 0 Å². The summed E-state index contributed by atoms with van der Waals surface area (Å²) in [5.74, 6) is 0. The van der Waals surface area contributed by atoms with Gasteiger partial charge in [-0.25, -0.2) is 9.97 Å². The van der Waals surface area contributed by atoms with Gasteiger partial charge in [0.1, 0.15) is 0 Å². The first kappa shape index (κ1) is 19.3. The van der Waals surface area contributed by atoms with Crippen molar-refractivity contribution in [2.24, 2.45) is 0 Å². The Hall–Kier alpha value is -2.45. The molecule has 0 saturated carbocycles. The first-order valence-corrected chi connectivity index (χ1v) is 9.68. The Kier molecular flexibility index (Phi) is 6.08. The van der Waals surface area contributed by atoms with Crippen molar-refractivity contribution >= 4 is 28.2 Å². The molecule has 0 bridgehead atoms. The van der Waals surface area contributed by atoms with Crippen LogP contribution in [0, 0.1) is 0 Å². The van der Waals surface area contributed by atoms with Crippen molar-refractivity contribution in [1.29, 1.82) is 0 Å². The molecule has 0 spiro atoms. The Morgan fingerprint density at radius 2 is 1.67 bits per heavy atom. The number of hydrogen-bond donors (Lipinski definition) is 0. The highest BCUT2D eigenvalue weighted by molar-refractivity contribution is 6.30. The van der Waals surface area contributed by atoms with E-state index < -0.39 is 0 Å². The van der Waals surface area contributed by atoms with Crippen molar-refractivity contribution in [3.8, 4) is 11.3 Å². The summed E-state index contributed by atoms with van der Waals surface area (Å²) < 4.78 is 0. The van der Waals surface area contributed by atoms with Gasteiger partial charge in [0.15, 0.2) is 0 Å². The summed E-state index contributed by atoms with van der Waals surface area (Å²) in [4.78, 5) is 9.91. The highest BCUT2D eigenvalue weighted by Crippen LogP contribution is 2.27. The quantitative estimate of drug-likeness (QED) is 0.320. The molecule has 0 fully saturated rings. The van der Waals surface area contributed by atoms with Crippen molar-refractivity contribution in [3.05, 3.63) is 77.5 Å². The molecule has 0 aliphatic carbocycles. The zero-order valence-corrected chi connectivity index (χ0v) is 16.8. The summed E-state index contributed by atoms with van der Waals surface area (Å²) >= 11 is 6.06. The molecule has 0 saturated heterocycles. The van der Waals surface area contributed by atoms with E-state index in [-0.39, 0.29) is 0 Å². The van der Waals surface area contributed by atoms with Crippen LogP contribution in [-0.2, 0) is 6.42 Å². The third-order valence-corrected chi connectivity index (χ3v) is 4.87. The minimum absolute atomic E-state index is 0.724. The fourth-order valence-electron chi connectivity index (χ4n) is 3.09. The first-order chi connectivity index (χ1) is 12.9. The lowest BCUT2D eigenvalue weighted by atomic mass is 10.0. The molecule has 3 aromatic rings. The van der Waals surface area contributed by atoms with Gasteiger partial charge < -0.3 is 0 Å². The van der Waals surface area contributed by atoms with Crippen LogP contribution in [0.5, 0.6) is 0 Å². The maximum atomic E-state index is 6.06. The van der Waals surface area contributed by atoms with Gasteiger partial charge in [0.05, 0.1) is 22.4 Å². The van der Waals surface area contributed by atoms with Crippen LogP contribution in [0.1, 0.15) is 44.4 Å². The van der Waals surface area contributed by atoms with E-state index in [2.05, 4.69) is 32.2 Å². The average molecular weight is 377 g/mol. The Labute approximate surface area is 166 Å². The number of fused-ring (bicyclic) bond motifs is 1. The molecule has 0 aliphatic heterocycles. The van der Waals surface area contributed by atoms with Crippen LogP contribution in [0.4, 0.5) is 0 Å². The van der Waals surface area contributed by atoms with E-state index in [9.17, 15) is 0 Å². The molecule has 1 aromatic heterocycles. The van der Waals surface area contributed by atoms with Crippen molar-refractivity contribution in [2.45, 2.75) is 39.5 Å². The molecule has 2 aromatic carbocycles. The summed E-state index contributed by atoms with van der Waals surface area (Å²) in [6.07, 6.45) is 4.12. The predicted molar refractivity (Wildman–Crippen MR) is 117 cm³/mol. The largest absolute Gasteiger partial charge is 0.249 e. The molecule has 2 nitrogen and oxygen atoms in total. The summed E-state index contributed by atoms with van der Waals surface area (Å²) in [7, 11) is 0. The molecule has 0 amide bonds. The van der Waals surface area contributed by atoms with Gasteiger partial charge in [-0.1, -0.05) is 47.5 Å². The predicted octanol–water partition coefficient (Wildman–Crippen LogP) is 7.27. The molecule has 0 aliphatic rings. The minimum atomic E-state index is 0.724. The van der Waals surface area contributed by atoms with Gasteiger partial charge >= 0.3 is 0 Å². The highest BCUT2D eigenvalue weighted by atomic mass is 35.5. The molecular weight excluding hydrogens is 352 g/mol. The maximum Gasteiger partial charge on any atom is 0.0925 e. The molecule has 3 heteroatoms. The number of benzene rings is 2. The summed E-state index contributed by atoms with van der Waals surface area (Å²) in [6, 6.07) is 14.0. The monoisotopic (exact) mass is 376 g/mol. The van der Waals surface area contributed by atoms with E-state index >= 15 is 0 Å². The van der Waals surface area contributed by atoms with E-state index in [0.29, 0.717) is 0 Å². The standard InChI is InChI=1S/C24H25ClN2/c1-16(2)7-5-6-8-22-24(18-9-12-20(25)13-10-18)27-21-14-11-19(17(3)4)15-23(21)26-22/h9-15H,1,3,5-8H2,2,4H3. The van der Waals surface area contributed by atoms with Crippen LogP contribution in [0.3, 0.4) is 0 Å². The van der Waals surface area contributed by atoms with E-state index in [1.165, 1.54) is 5.57 Å². The zero-order valence-electron chi connectivity index (χ0n) is 16.1. The number of allylic oxidation sites excluding steroid dienone is 2. The molecule has 0 atom stereocenters. The van der Waals surface area contributed by atoms with Crippen LogP contribution in [-0.4, -0.2) is 9.97 Å². The van der Waals surface area contributed by atoms with Crippen molar-refractivity contribution in [1.82, 2.24) is 9.97 Å². The van der Waals surface area contributed by atoms with E-state index in [1.54, 1.807) is 0 Å². The zero-order chi connectivity index (χ0) is 19.4. The average Bonchev–Trinajstić information content (AvgIpc) is 2.64. The lowest BCUT2D eigenvalue weighted by Crippen LogP contribution is -2.00. The Balaban J connectivity index is 2.02. The maximum absolute atomic E-state index is 6.06. The number of halogens is 1. The Morgan fingerprint density at radius 1 is 0.926 bits per heavy atom. The molecule has 3 rings (SSSR count). The van der Waals surface area contributed by atoms with Gasteiger partial charge in [-0.15, -0.1) is 6.58 Å². The lowest BCUT2D eigenvalue weighted by molar-refractivity contribution is 0.720. The van der Waals surface area contributed by atoms with Gasteiger partial charge in [0, 0.05) is 10.6 Å². The number of unbranched alkanes of at least 4 members (excludes halogenated alkanes) is 1. The molecular formula is C24H25ClN2. The Bertz CT molecular complexity index is 987.